The van der Waals surface area contributed by atoms with Crippen LogP contribution < -0.4 is 0 Å². The summed E-state index contributed by atoms with van der Waals surface area (Å²) < 4.78 is 16.9. The Morgan fingerprint density at radius 2 is 0.537 bits per heavy atom. The third-order valence-corrected chi connectivity index (χ3v) is 13.1. The highest BCUT2D eigenvalue weighted by molar-refractivity contribution is 5.71. The lowest BCUT2D eigenvalue weighted by molar-refractivity contribution is -0.167. The minimum absolute atomic E-state index is 0.0714. The smallest absolute Gasteiger partial charge is 0.306 e. The van der Waals surface area contributed by atoms with Crippen LogP contribution in [-0.4, -0.2) is 37.2 Å². The monoisotopic (exact) mass is 941 g/mol. The quantitative estimate of drug-likeness (QED) is 0.0262. The summed E-state index contributed by atoms with van der Waals surface area (Å²) in [6.45, 7) is 6.66. The molecule has 0 fully saturated rings. The highest BCUT2D eigenvalue weighted by atomic mass is 16.6. The van der Waals surface area contributed by atoms with E-state index >= 15 is 0 Å². The van der Waals surface area contributed by atoms with Gasteiger partial charge in [-0.3, -0.25) is 14.4 Å². The Bertz CT molecular complexity index is 1130. The lowest BCUT2D eigenvalue weighted by Crippen LogP contribution is -2.30. The molecule has 0 bridgehead atoms. The van der Waals surface area contributed by atoms with Gasteiger partial charge in [0.1, 0.15) is 13.2 Å². The van der Waals surface area contributed by atoms with Gasteiger partial charge in [-0.05, 0) is 57.8 Å². The maximum atomic E-state index is 12.8. The highest BCUT2D eigenvalue weighted by Gasteiger charge is 2.19. The molecular formula is C61H112O6. The van der Waals surface area contributed by atoms with Gasteiger partial charge >= 0.3 is 17.9 Å². The fraction of sp³-hybridized carbons (Fsp3) is 0.852. The second-order valence-corrected chi connectivity index (χ2v) is 19.9. The van der Waals surface area contributed by atoms with Crippen molar-refractivity contribution in [3.05, 3.63) is 36.5 Å². The van der Waals surface area contributed by atoms with E-state index in [0.717, 1.165) is 77.0 Å². The van der Waals surface area contributed by atoms with Crippen molar-refractivity contribution in [3.8, 4) is 0 Å². The minimum Gasteiger partial charge on any atom is -0.462 e. The second kappa shape index (κ2) is 56.2. The van der Waals surface area contributed by atoms with Crippen LogP contribution in [-0.2, 0) is 28.6 Å². The summed E-state index contributed by atoms with van der Waals surface area (Å²) in [7, 11) is 0. The first kappa shape index (κ1) is 64.6. The van der Waals surface area contributed by atoms with E-state index in [1.165, 1.54) is 199 Å². The number of allylic oxidation sites excluding steroid dienone is 6. The first-order chi connectivity index (χ1) is 33.0. The van der Waals surface area contributed by atoms with E-state index < -0.39 is 6.10 Å². The molecule has 0 aromatic heterocycles. The van der Waals surface area contributed by atoms with Gasteiger partial charge in [0.25, 0.3) is 0 Å². The summed E-state index contributed by atoms with van der Waals surface area (Å²) in [6, 6.07) is 0. The zero-order valence-electron chi connectivity index (χ0n) is 44.9. The summed E-state index contributed by atoms with van der Waals surface area (Å²) in [4.78, 5) is 38.1. The molecule has 1 atom stereocenters. The van der Waals surface area contributed by atoms with Gasteiger partial charge in [-0.15, -0.1) is 0 Å². The molecule has 0 aromatic rings. The molecule has 0 aliphatic carbocycles. The summed E-state index contributed by atoms with van der Waals surface area (Å²) in [5.74, 6) is -0.865. The molecule has 0 saturated heterocycles. The standard InChI is InChI=1S/C61H112O6/c1-4-7-10-13-16-19-22-25-27-28-29-30-31-32-34-36-39-42-45-48-51-54-60(63)66-57-58(56-65-59(62)53-50-47-44-41-38-35-24-21-18-15-12-9-6-3)67-61(64)55-52-49-46-43-40-37-33-26-23-20-17-14-11-8-5-2/h22,25,28-29,31-32,58H,4-21,23-24,26-27,30,33-57H2,1-3H3/b25-22-,29-28-,32-31-. The largest absolute Gasteiger partial charge is 0.462 e. The average molecular weight is 942 g/mol. The van der Waals surface area contributed by atoms with Gasteiger partial charge in [-0.25, -0.2) is 0 Å². The van der Waals surface area contributed by atoms with Crippen LogP contribution in [0.5, 0.6) is 0 Å². The SMILES string of the molecule is CCCCCCC/C=C\C/C=C\C/C=C\CCCCCCCCC(=O)OCC(COC(=O)CCCCCCCCCCCCCCC)OC(=O)CCCCCCCCCCCCCCCCC. The van der Waals surface area contributed by atoms with Crippen LogP contribution >= 0.6 is 0 Å². The van der Waals surface area contributed by atoms with Crippen molar-refractivity contribution in [2.24, 2.45) is 0 Å². The van der Waals surface area contributed by atoms with Crippen molar-refractivity contribution in [2.75, 3.05) is 13.2 Å². The van der Waals surface area contributed by atoms with Crippen LogP contribution in [0.15, 0.2) is 36.5 Å². The van der Waals surface area contributed by atoms with Gasteiger partial charge in [0, 0.05) is 19.3 Å². The molecule has 6 heteroatoms. The van der Waals surface area contributed by atoms with Crippen molar-refractivity contribution < 1.29 is 28.6 Å². The molecule has 0 aliphatic heterocycles. The molecular weight excluding hydrogens is 829 g/mol. The molecule has 0 aromatic carbocycles. The van der Waals surface area contributed by atoms with Crippen molar-refractivity contribution in [1.82, 2.24) is 0 Å². The number of carbonyl (C=O) groups is 3. The van der Waals surface area contributed by atoms with Crippen LogP contribution in [0, 0.1) is 0 Å². The van der Waals surface area contributed by atoms with Crippen LogP contribution in [0.2, 0.25) is 0 Å². The van der Waals surface area contributed by atoms with Crippen LogP contribution in [0.3, 0.4) is 0 Å². The number of hydrogen-bond acceptors (Lipinski definition) is 6. The third-order valence-electron chi connectivity index (χ3n) is 13.1. The molecule has 0 saturated carbocycles. The first-order valence-electron chi connectivity index (χ1n) is 29.5. The maximum Gasteiger partial charge on any atom is 0.306 e. The average Bonchev–Trinajstić information content (AvgIpc) is 3.33. The fourth-order valence-corrected chi connectivity index (χ4v) is 8.69. The molecule has 0 amide bonds. The molecule has 392 valence electrons. The Labute approximate surface area is 416 Å². The summed E-state index contributed by atoms with van der Waals surface area (Å²) in [6.07, 6.45) is 67.0. The molecule has 0 spiro atoms. The molecule has 0 rings (SSSR count). The Morgan fingerprint density at radius 3 is 0.836 bits per heavy atom. The van der Waals surface area contributed by atoms with E-state index in [4.69, 9.17) is 14.2 Å². The van der Waals surface area contributed by atoms with E-state index in [-0.39, 0.29) is 31.1 Å². The number of rotatable bonds is 54. The highest BCUT2D eigenvalue weighted by Crippen LogP contribution is 2.17. The Morgan fingerprint density at radius 1 is 0.299 bits per heavy atom. The topological polar surface area (TPSA) is 78.9 Å². The van der Waals surface area contributed by atoms with E-state index in [0.29, 0.717) is 19.3 Å². The molecule has 0 N–H and O–H groups in total. The minimum atomic E-state index is -0.773. The Hall–Kier alpha value is -2.37. The number of ether oxygens (including phenoxy) is 3. The lowest BCUT2D eigenvalue weighted by Gasteiger charge is -2.18. The van der Waals surface area contributed by atoms with E-state index in [1.54, 1.807) is 0 Å². The number of carbonyl (C=O) groups excluding carboxylic acids is 3. The molecule has 1 unspecified atom stereocenters. The van der Waals surface area contributed by atoms with Gasteiger partial charge in [0.2, 0.25) is 0 Å². The summed E-state index contributed by atoms with van der Waals surface area (Å²) >= 11 is 0. The van der Waals surface area contributed by atoms with Crippen LogP contribution in [0.1, 0.15) is 316 Å². The van der Waals surface area contributed by atoms with Gasteiger partial charge < -0.3 is 14.2 Å². The van der Waals surface area contributed by atoms with Crippen molar-refractivity contribution >= 4 is 17.9 Å². The Kier molecular flexibility index (Phi) is 54.2. The van der Waals surface area contributed by atoms with Crippen molar-refractivity contribution in [3.63, 3.8) is 0 Å². The number of hydrogen-bond donors (Lipinski definition) is 0. The van der Waals surface area contributed by atoms with Gasteiger partial charge in [-0.2, -0.15) is 0 Å². The van der Waals surface area contributed by atoms with E-state index in [2.05, 4.69) is 57.2 Å². The first-order valence-corrected chi connectivity index (χ1v) is 29.5. The third kappa shape index (κ3) is 54.4. The lowest BCUT2D eigenvalue weighted by atomic mass is 10.0. The second-order valence-electron chi connectivity index (χ2n) is 19.9. The van der Waals surface area contributed by atoms with Gasteiger partial charge in [-0.1, -0.05) is 276 Å². The molecule has 0 radical (unpaired) electrons. The van der Waals surface area contributed by atoms with E-state index in [1.807, 2.05) is 0 Å². The molecule has 6 nitrogen and oxygen atoms in total. The summed E-state index contributed by atoms with van der Waals surface area (Å²) in [5.41, 5.74) is 0. The van der Waals surface area contributed by atoms with Gasteiger partial charge in [0.15, 0.2) is 6.10 Å². The summed E-state index contributed by atoms with van der Waals surface area (Å²) in [5, 5.41) is 0. The Balaban J connectivity index is 4.33. The van der Waals surface area contributed by atoms with Crippen molar-refractivity contribution in [2.45, 2.75) is 322 Å². The van der Waals surface area contributed by atoms with E-state index in [9.17, 15) is 14.4 Å². The van der Waals surface area contributed by atoms with Crippen molar-refractivity contribution in [1.29, 1.82) is 0 Å². The number of esters is 3. The predicted molar refractivity (Wildman–Crippen MR) is 289 cm³/mol. The normalized spacial score (nSPS) is 12.2. The fourth-order valence-electron chi connectivity index (χ4n) is 8.69. The maximum absolute atomic E-state index is 12.8. The molecule has 67 heavy (non-hydrogen) atoms. The molecule has 0 aliphatic rings. The zero-order chi connectivity index (χ0) is 48.6. The predicted octanol–water partition coefficient (Wildman–Crippen LogP) is 19.7. The van der Waals surface area contributed by atoms with Crippen LogP contribution in [0.4, 0.5) is 0 Å². The van der Waals surface area contributed by atoms with Gasteiger partial charge in [0.05, 0.1) is 0 Å². The molecule has 0 heterocycles. The number of unbranched alkanes of at least 4 members (excludes halogenated alkanes) is 37. The zero-order valence-corrected chi connectivity index (χ0v) is 44.9. The van der Waals surface area contributed by atoms with Crippen LogP contribution in [0.25, 0.3) is 0 Å².